The minimum Gasteiger partial charge on any atom is -0.383 e. The van der Waals surface area contributed by atoms with E-state index in [1.54, 1.807) is 18.4 Å². The van der Waals surface area contributed by atoms with Gasteiger partial charge in [0, 0.05) is 37.5 Å². The molecule has 0 spiro atoms. The zero-order chi connectivity index (χ0) is 23.2. The number of benzene rings is 3. The molecule has 0 saturated carbocycles. The Morgan fingerprint density at radius 1 is 1.09 bits per heavy atom. The summed E-state index contributed by atoms with van der Waals surface area (Å²) < 4.78 is 6.42. The maximum atomic E-state index is 13.1. The summed E-state index contributed by atoms with van der Waals surface area (Å²) >= 11 is 1.59. The zero-order valence-electron chi connectivity index (χ0n) is 19.2. The molecule has 3 aromatic carbocycles. The van der Waals surface area contributed by atoms with E-state index in [1.165, 1.54) is 0 Å². The molecule has 6 heteroatoms. The average molecular weight is 460 g/mol. The minimum atomic E-state index is -0.126. The number of anilines is 1. The van der Waals surface area contributed by atoms with Gasteiger partial charge in [0.05, 0.1) is 22.3 Å². The quantitative estimate of drug-likeness (QED) is 0.330. The number of carbonyl (C=O) groups excluding carboxylic acids is 1. The number of methoxy groups -OCH3 is 1. The van der Waals surface area contributed by atoms with E-state index < -0.39 is 0 Å². The number of hydrogen-bond donors (Lipinski definition) is 1. The Bertz CT molecular complexity index is 1220. The fourth-order valence-electron chi connectivity index (χ4n) is 3.85. The van der Waals surface area contributed by atoms with Gasteiger partial charge in [0.25, 0.3) is 5.91 Å². The lowest BCUT2D eigenvalue weighted by molar-refractivity contribution is 0.102. The molecule has 170 valence electrons. The van der Waals surface area contributed by atoms with Crippen LogP contribution in [-0.4, -0.2) is 42.1 Å². The standard InChI is InChI=1S/C27H29N3O2S/c1-19(2)30(13-14-32-3)17-22-15-21(9-11-24(22)20-7-5-4-6-8-20)27(31)29-23-10-12-26-25(16-23)28-18-33-26/h4-12,15-16,18-19H,13-14,17H2,1-3H3,(H,29,31). The Hall–Kier alpha value is -3.06. The molecule has 33 heavy (non-hydrogen) atoms. The highest BCUT2D eigenvalue weighted by atomic mass is 32.1. The number of ether oxygens (including phenoxy) is 1. The molecule has 0 aliphatic carbocycles. The van der Waals surface area contributed by atoms with Gasteiger partial charge in [0.2, 0.25) is 0 Å². The number of nitrogens with one attached hydrogen (secondary N) is 1. The van der Waals surface area contributed by atoms with Gasteiger partial charge in [-0.3, -0.25) is 9.69 Å². The van der Waals surface area contributed by atoms with E-state index in [9.17, 15) is 4.79 Å². The first-order valence-electron chi connectivity index (χ1n) is 11.1. The molecule has 0 fully saturated rings. The highest BCUT2D eigenvalue weighted by Crippen LogP contribution is 2.27. The first kappa shape index (κ1) is 23.1. The number of hydrogen-bond acceptors (Lipinski definition) is 5. The molecular formula is C27H29N3O2S. The normalized spacial score (nSPS) is 11.4. The lowest BCUT2D eigenvalue weighted by Crippen LogP contribution is -2.33. The molecule has 1 amide bonds. The summed E-state index contributed by atoms with van der Waals surface area (Å²) in [5.41, 5.74) is 7.49. The highest BCUT2D eigenvalue weighted by Gasteiger charge is 2.16. The van der Waals surface area contributed by atoms with E-state index in [1.807, 2.05) is 54.0 Å². The van der Waals surface area contributed by atoms with Gasteiger partial charge in [0.1, 0.15) is 0 Å². The number of carbonyl (C=O) groups is 1. The second kappa shape index (κ2) is 10.7. The lowest BCUT2D eigenvalue weighted by atomic mass is 9.96. The molecule has 1 aromatic heterocycles. The van der Waals surface area contributed by atoms with E-state index in [-0.39, 0.29) is 5.91 Å². The van der Waals surface area contributed by atoms with Crippen molar-refractivity contribution in [3.8, 4) is 11.1 Å². The second-order valence-electron chi connectivity index (χ2n) is 8.28. The Labute approximate surface area is 199 Å². The number of amides is 1. The van der Waals surface area contributed by atoms with Crippen LogP contribution in [0, 0.1) is 0 Å². The van der Waals surface area contributed by atoms with Gasteiger partial charge in [-0.1, -0.05) is 36.4 Å². The highest BCUT2D eigenvalue weighted by molar-refractivity contribution is 7.16. The van der Waals surface area contributed by atoms with Crippen molar-refractivity contribution >= 4 is 33.1 Å². The third-order valence-corrected chi connectivity index (χ3v) is 6.54. The van der Waals surface area contributed by atoms with Gasteiger partial charge in [-0.05, 0) is 60.9 Å². The van der Waals surface area contributed by atoms with Gasteiger partial charge in [-0.25, -0.2) is 4.98 Å². The number of aromatic nitrogens is 1. The molecule has 1 N–H and O–H groups in total. The van der Waals surface area contributed by atoms with Crippen molar-refractivity contribution in [1.29, 1.82) is 0 Å². The van der Waals surface area contributed by atoms with Crippen molar-refractivity contribution in [1.82, 2.24) is 9.88 Å². The van der Waals surface area contributed by atoms with Crippen molar-refractivity contribution in [2.45, 2.75) is 26.4 Å². The van der Waals surface area contributed by atoms with E-state index in [2.05, 4.69) is 47.2 Å². The number of fused-ring (bicyclic) bond motifs is 1. The van der Waals surface area contributed by atoms with Crippen LogP contribution in [0.3, 0.4) is 0 Å². The first-order valence-corrected chi connectivity index (χ1v) is 12.0. The van der Waals surface area contributed by atoms with Crippen LogP contribution in [0.1, 0.15) is 29.8 Å². The first-order chi connectivity index (χ1) is 16.0. The van der Waals surface area contributed by atoms with Gasteiger partial charge in [0.15, 0.2) is 0 Å². The third-order valence-electron chi connectivity index (χ3n) is 5.73. The molecule has 0 radical (unpaired) electrons. The molecule has 0 saturated heterocycles. The maximum absolute atomic E-state index is 13.1. The summed E-state index contributed by atoms with van der Waals surface area (Å²) in [5, 5.41) is 3.03. The zero-order valence-corrected chi connectivity index (χ0v) is 20.1. The molecule has 0 aliphatic rings. The second-order valence-corrected chi connectivity index (χ2v) is 9.17. The Morgan fingerprint density at radius 2 is 1.91 bits per heavy atom. The fraction of sp³-hybridized carbons (Fsp3) is 0.259. The van der Waals surface area contributed by atoms with Crippen LogP contribution >= 0.6 is 11.3 Å². The topological polar surface area (TPSA) is 54.5 Å². The van der Waals surface area contributed by atoms with E-state index in [0.29, 0.717) is 18.2 Å². The Kier molecular flexibility index (Phi) is 7.50. The SMILES string of the molecule is COCCN(Cc1cc(C(=O)Nc2ccc3scnc3c2)ccc1-c1ccccc1)C(C)C. The summed E-state index contributed by atoms with van der Waals surface area (Å²) in [7, 11) is 1.72. The summed E-state index contributed by atoms with van der Waals surface area (Å²) in [6.07, 6.45) is 0. The van der Waals surface area contributed by atoms with Gasteiger partial charge >= 0.3 is 0 Å². The van der Waals surface area contributed by atoms with Crippen LogP contribution in [0.2, 0.25) is 0 Å². The predicted octanol–water partition coefficient (Wildman–Crippen LogP) is 6.07. The van der Waals surface area contributed by atoms with E-state index in [0.717, 1.165) is 45.7 Å². The maximum Gasteiger partial charge on any atom is 0.255 e. The predicted molar refractivity (Wildman–Crippen MR) is 137 cm³/mol. The minimum absolute atomic E-state index is 0.126. The summed E-state index contributed by atoms with van der Waals surface area (Å²) in [6.45, 7) is 6.59. The van der Waals surface area contributed by atoms with Crippen molar-refractivity contribution in [3.63, 3.8) is 0 Å². The average Bonchev–Trinajstić information content (AvgIpc) is 3.30. The molecular weight excluding hydrogens is 430 g/mol. The molecule has 0 bridgehead atoms. The van der Waals surface area contributed by atoms with Crippen molar-refractivity contribution in [2.75, 3.05) is 25.6 Å². The number of thiazole rings is 1. The molecule has 0 atom stereocenters. The molecule has 0 aliphatic heterocycles. The molecule has 1 heterocycles. The molecule has 4 aromatic rings. The van der Waals surface area contributed by atoms with Crippen molar-refractivity contribution in [3.05, 3.63) is 83.4 Å². The molecule has 4 rings (SSSR count). The van der Waals surface area contributed by atoms with Crippen LogP contribution < -0.4 is 5.32 Å². The van der Waals surface area contributed by atoms with Crippen LogP contribution in [-0.2, 0) is 11.3 Å². The monoisotopic (exact) mass is 459 g/mol. The van der Waals surface area contributed by atoms with Crippen LogP contribution in [0.5, 0.6) is 0 Å². The van der Waals surface area contributed by atoms with E-state index in [4.69, 9.17) is 4.74 Å². The smallest absolute Gasteiger partial charge is 0.255 e. The molecule has 0 unspecified atom stereocenters. The van der Waals surface area contributed by atoms with Crippen LogP contribution in [0.4, 0.5) is 5.69 Å². The van der Waals surface area contributed by atoms with Crippen LogP contribution in [0.15, 0.2) is 72.2 Å². The van der Waals surface area contributed by atoms with Gasteiger partial charge in [-0.2, -0.15) is 0 Å². The number of nitrogens with zero attached hydrogens (tertiary/aromatic N) is 2. The van der Waals surface area contributed by atoms with Crippen LogP contribution in [0.25, 0.3) is 21.3 Å². The van der Waals surface area contributed by atoms with Crippen molar-refractivity contribution in [2.24, 2.45) is 0 Å². The fourth-order valence-corrected chi connectivity index (χ4v) is 4.51. The number of rotatable bonds is 9. The largest absolute Gasteiger partial charge is 0.383 e. The summed E-state index contributed by atoms with van der Waals surface area (Å²) in [6, 6.07) is 22.5. The van der Waals surface area contributed by atoms with E-state index >= 15 is 0 Å². The lowest BCUT2D eigenvalue weighted by Gasteiger charge is -2.27. The summed E-state index contributed by atoms with van der Waals surface area (Å²) in [4.78, 5) is 19.8. The van der Waals surface area contributed by atoms with Gasteiger partial charge in [-0.15, -0.1) is 11.3 Å². The third kappa shape index (κ3) is 5.66. The van der Waals surface area contributed by atoms with Crippen molar-refractivity contribution < 1.29 is 9.53 Å². The molecule has 5 nitrogen and oxygen atoms in total. The Balaban J connectivity index is 1.64. The Morgan fingerprint density at radius 3 is 2.67 bits per heavy atom. The van der Waals surface area contributed by atoms with Gasteiger partial charge < -0.3 is 10.1 Å². The summed E-state index contributed by atoms with van der Waals surface area (Å²) in [5.74, 6) is -0.126.